The Kier molecular flexibility index (Phi) is 6.27. The van der Waals surface area contributed by atoms with Crippen LogP contribution in [0.1, 0.15) is 5.56 Å². The summed E-state index contributed by atoms with van der Waals surface area (Å²) in [6.07, 6.45) is -4.46. The molecule has 0 atom stereocenters. The van der Waals surface area contributed by atoms with Gasteiger partial charge in [-0.2, -0.15) is 13.2 Å². The molecule has 0 aliphatic rings. The Hall–Kier alpha value is -4.80. The number of urea groups is 1. The summed E-state index contributed by atoms with van der Waals surface area (Å²) < 4.78 is 79.3. The van der Waals surface area contributed by atoms with Crippen LogP contribution in [0.25, 0.3) is 33.5 Å². The van der Waals surface area contributed by atoms with Gasteiger partial charge in [0.15, 0.2) is 17.5 Å². The van der Waals surface area contributed by atoms with Crippen molar-refractivity contribution >= 4 is 28.4 Å². The lowest BCUT2D eigenvalue weighted by Crippen LogP contribution is -2.20. The fourth-order valence-corrected chi connectivity index (χ4v) is 3.83. The predicted octanol–water partition coefficient (Wildman–Crippen LogP) is 7.98. The quantitative estimate of drug-likeness (QED) is 0.164. The topological polar surface area (TPSA) is 69.8 Å². The predicted molar refractivity (Wildman–Crippen MR) is 131 cm³/mol. The number of hydrogen-bond acceptors (Lipinski definition) is 2. The van der Waals surface area contributed by atoms with Crippen molar-refractivity contribution in [3.05, 3.63) is 102 Å². The van der Waals surface area contributed by atoms with E-state index in [0.717, 1.165) is 23.8 Å². The number of nitrogens with zero attached hydrogens (tertiary/aromatic N) is 1. The summed E-state index contributed by atoms with van der Waals surface area (Å²) in [5.41, 5.74) is 1.86. The van der Waals surface area contributed by atoms with Crippen molar-refractivity contribution in [2.45, 2.75) is 6.18 Å². The van der Waals surface area contributed by atoms with E-state index in [0.29, 0.717) is 34.2 Å². The van der Waals surface area contributed by atoms with Crippen LogP contribution in [0.3, 0.4) is 0 Å². The number of benzene rings is 4. The zero-order chi connectivity index (χ0) is 27.0. The molecule has 5 nitrogen and oxygen atoms in total. The SMILES string of the molecule is O=C(Nc1cccc(-c2ccc(-c3nc4ccc(C(F)(F)F)cc4[nH]3)cc2)c1)Nc1ccc(F)c(F)c1F. The minimum Gasteiger partial charge on any atom is -0.338 e. The van der Waals surface area contributed by atoms with Gasteiger partial charge in [0, 0.05) is 11.3 Å². The first-order valence-corrected chi connectivity index (χ1v) is 11.1. The normalized spacial score (nSPS) is 11.5. The second-order valence-corrected chi connectivity index (χ2v) is 8.28. The van der Waals surface area contributed by atoms with E-state index in [1.54, 1.807) is 48.5 Å². The van der Waals surface area contributed by atoms with Crippen LogP contribution in [0.15, 0.2) is 78.9 Å². The van der Waals surface area contributed by atoms with Crippen LogP contribution < -0.4 is 10.6 Å². The smallest absolute Gasteiger partial charge is 0.338 e. The highest BCUT2D eigenvalue weighted by molar-refractivity contribution is 6.00. The number of rotatable bonds is 4. The van der Waals surface area contributed by atoms with Crippen LogP contribution in [-0.4, -0.2) is 16.0 Å². The Bertz CT molecular complexity index is 1660. The molecular weight excluding hydrogens is 510 g/mol. The van der Waals surface area contributed by atoms with Crippen molar-refractivity contribution < 1.29 is 31.1 Å². The third-order valence-corrected chi connectivity index (χ3v) is 5.70. The fraction of sp³-hybridized carbons (Fsp3) is 0.0370. The number of anilines is 2. The molecular formula is C27H16F6N4O. The van der Waals surface area contributed by atoms with Crippen molar-refractivity contribution in [1.82, 2.24) is 9.97 Å². The molecule has 2 amide bonds. The van der Waals surface area contributed by atoms with E-state index in [1.807, 2.05) is 0 Å². The van der Waals surface area contributed by atoms with Gasteiger partial charge in [0.25, 0.3) is 0 Å². The Balaban J connectivity index is 1.32. The molecule has 0 fully saturated rings. The molecule has 1 heterocycles. The maximum atomic E-state index is 13.8. The van der Waals surface area contributed by atoms with Crippen LogP contribution in [-0.2, 0) is 6.18 Å². The molecule has 1 aromatic heterocycles. The van der Waals surface area contributed by atoms with E-state index in [-0.39, 0.29) is 5.52 Å². The highest BCUT2D eigenvalue weighted by Crippen LogP contribution is 2.32. The number of hydrogen-bond donors (Lipinski definition) is 3. The molecule has 0 bridgehead atoms. The summed E-state index contributed by atoms with van der Waals surface area (Å²) in [4.78, 5) is 19.5. The number of alkyl halides is 3. The van der Waals surface area contributed by atoms with Gasteiger partial charge in [-0.3, -0.25) is 0 Å². The van der Waals surface area contributed by atoms with Crippen LogP contribution >= 0.6 is 0 Å². The van der Waals surface area contributed by atoms with E-state index in [2.05, 4.69) is 20.6 Å². The second kappa shape index (κ2) is 9.58. The number of carbonyl (C=O) groups is 1. The second-order valence-electron chi connectivity index (χ2n) is 8.28. The first kappa shape index (κ1) is 24.9. The standard InChI is InChI=1S/C27H16F6N4O/c28-19-9-11-21(24(30)23(19)29)37-26(38)34-18-3-1-2-16(12-18)14-4-6-15(7-5-14)25-35-20-10-8-17(27(31,32)33)13-22(20)36-25/h1-13H,(H,35,36)(H2,34,37,38). The van der Waals surface area contributed by atoms with Crippen LogP contribution in [0, 0.1) is 17.5 Å². The third kappa shape index (κ3) is 5.03. The van der Waals surface area contributed by atoms with E-state index >= 15 is 0 Å². The number of carbonyl (C=O) groups excluding carboxylic acids is 1. The molecule has 0 unspecified atom stereocenters. The van der Waals surface area contributed by atoms with Crippen LogP contribution in [0.4, 0.5) is 42.5 Å². The molecule has 0 aliphatic heterocycles. The molecule has 4 aromatic carbocycles. The Morgan fingerprint density at radius 2 is 1.50 bits per heavy atom. The largest absolute Gasteiger partial charge is 0.416 e. The van der Waals surface area contributed by atoms with Gasteiger partial charge in [0.2, 0.25) is 0 Å². The molecule has 0 aliphatic carbocycles. The Labute approximate surface area is 211 Å². The summed E-state index contributed by atoms with van der Waals surface area (Å²) >= 11 is 0. The lowest BCUT2D eigenvalue weighted by molar-refractivity contribution is -0.137. The summed E-state index contributed by atoms with van der Waals surface area (Å²) in [5.74, 6) is -4.17. The monoisotopic (exact) mass is 526 g/mol. The average molecular weight is 526 g/mol. The maximum absolute atomic E-state index is 13.8. The van der Waals surface area contributed by atoms with E-state index < -0.39 is 40.9 Å². The van der Waals surface area contributed by atoms with Crippen molar-refractivity contribution in [3.63, 3.8) is 0 Å². The zero-order valence-corrected chi connectivity index (χ0v) is 19.1. The van der Waals surface area contributed by atoms with Gasteiger partial charge < -0.3 is 15.6 Å². The highest BCUT2D eigenvalue weighted by atomic mass is 19.4. The third-order valence-electron chi connectivity index (χ3n) is 5.70. The molecule has 38 heavy (non-hydrogen) atoms. The minimum absolute atomic E-state index is 0.263. The van der Waals surface area contributed by atoms with Gasteiger partial charge in [-0.05, 0) is 53.6 Å². The number of imidazole rings is 1. The molecule has 3 N–H and O–H groups in total. The summed E-state index contributed by atoms with van der Waals surface area (Å²) in [6.45, 7) is 0. The summed E-state index contributed by atoms with van der Waals surface area (Å²) in [5, 5.41) is 4.63. The van der Waals surface area contributed by atoms with Crippen molar-refractivity contribution in [3.8, 4) is 22.5 Å². The van der Waals surface area contributed by atoms with Gasteiger partial charge in [0.1, 0.15) is 5.82 Å². The zero-order valence-electron chi connectivity index (χ0n) is 19.1. The molecule has 11 heteroatoms. The number of halogens is 6. The molecule has 0 saturated heterocycles. The van der Waals surface area contributed by atoms with Crippen LogP contribution in [0.2, 0.25) is 0 Å². The maximum Gasteiger partial charge on any atom is 0.416 e. The van der Waals surface area contributed by atoms with Gasteiger partial charge in [0.05, 0.1) is 22.3 Å². The van der Waals surface area contributed by atoms with Gasteiger partial charge in [-0.25, -0.2) is 22.9 Å². The van der Waals surface area contributed by atoms with E-state index in [4.69, 9.17) is 0 Å². The Morgan fingerprint density at radius 1 is 0.763 bits per heavy atom. The number of aromatic amines is 1. The summed E-state index contributed by atoms with van der Waals surface area (Å²) in [6, 6.07) is 17.8. The number of aromatic nitrogens is 2. The lowest BCUT2D eigenvalue weighted by Gasteiger charge is -2.10. The number of nitrogens with one attached hydrogen (secondary N) is 3. The van der Waals surface area contributed by atoms with E-state index in [9.17, 15) is 31.1 Å². The first-order chi connectivity index (χ1) is 18.1. The minimum atomic E-state index is -4.46. The molecule has 5 aromatic rings. The molecule has 5 rings (SSSR count). The van der Waals surface area contributed by atoms with Crippen molar-refractivity contribution in [1.29, 1.82) is 0 Å². The van der Waals surface area contributed by atoms with E-state index in [1.165, 1.54) is 6.07 Å². The average Bonchev–Trinajstić information content (AvgIpc) is 3.32. The first-order valence-electron chi connectivity index (χ1n) is 11.1. The van der Waals surface area contributed by atoms with Crippen molar-refractivity contribution in [2.75, 3.05) is 10.6 Å². The van der Waals surface area contributed by atoms with Gasteiger partial charge in [-0.15, -0.1) is 0 Å². The van der Waals surface area contributed by atoms with Gasteiger partial charge >= 0.3 is 12.2 Å². The molecule has 0 spiro atoms. The molecule has 192 valence electrons. The Morgan fingerprint density at radius 3 is 2.24 bits per heavy atom. The van der Waals surface area contributed by atoms with Gasteiger partial charge in [-0.1, -0.05) is 36.4 Å². The highest BCUT2D eigenvalue weighted by Gasteiger charge is 2.30. The lowest BCUT2D eigenvalue weighted by atomic mass is 10.0. The number of fused-ring (bicyclic) bond motifs is 1. The number of amides is 2. The molecule has 0 radical (unpaired) electrons. The van der Waals surface area contributed by atoms with Crippen molar-refractivity contribution in [2.24, 2.45) is 0 Å². The molecule has 0 saturated carbocycles. The number of H-pyrrole nitrogens is 1. The fourth-order valence-electron chi connectivity index (χ4n) is 3.83. The summed E-state index contributed by atoms with van der Waals surface area (Å²) in [7, 11) is 0. The van der Waals surface area contributed by atoms with Crippen LogP contribution in [0.5, 0.6) is 0 Å².